The Morgan fingerprint density at radius 2 is 2.00 bits per heavy atom. The first-order valence-electron chi connectivity index (χ1n) is 4.64. The van der Waals surface area contributed by atoms with Gasteiger partial charge in [0.1, 0.15) is 0 Å². The molecule has 0 radical (unpaired) electrons. The summed E-state index contributed by atoms with van der Waals surface area (Å²) >= 11 is 0. The fraction of sp³-hybridized carbons (Fsp3) is 1.00. The summed E-state index contributed by atoms with van der Waals surface area (Å²) in [5.41, 5.74) is 0.521. The van der Waals surface area contributed by atoms with Gasteiger partial charge in [-0.1, -0.05) is 0 Å². The van der Waals surface area contributed by atoms with Gasteiger partial charge in [0.15, 0.2) is 0 Å². The van der Waals surface area contributed by atoms with E-state index in [-0.39, 0.29) is 0 Å². The smallest absolute Gasteiger partial charge is 0.0309 e. The van der Waals surface area contributed by atoms with Crippen molar-refractivity contribution in [3.8, 4) is 0 Å². The summed E-state index contributed by atoms with van der Waals surface area (Å²) in [6, 6.07) is 0. The van der Waals surface area contributed by atoms with Crippen molar-refractivity contribution in [2.75, 3.05) is 33.2 Å². The van der Waals surface area contributed by atoms with Gasteiger partial charge in [-0.15, -0.1) is 0 Å². The molecule has 0 aromatic heterocycles. The Bertz CT molecular complexity index is 158. The van der Waals surface area contributed by atoms with Gasteiger partial charge in [-0.3, -0.25) is 4.90 Å². The molecule has 2 heterocycles. The highest BCUT2D eigenvalue weighted by atomic mass is 15.3. The Hall–Kier alpha value is -0.0800. The minimum absolute atomic E-state index is 0.521. The van der Waals surface area contributed by atoms with E-state index in [0.29, 0.717) is 5.54 Å². The average Bonchev–Trinajstić information content (AvgIpc) is 2.28. The molecule has 0 aromatic carbocycles. The lowest BCUT2D eigenvalue weighted by molar-refractivity contribution is 0.0541. The molecule has 11 heavy (non-hydrogen) atoms. The second kappa shape index (κ2) is 2.46. The van der Waals surface area contributed by atoms with Crippen molar-refractivity contribution in [2.45, 2.75) is 25.3 Å². The lowest BCUT2D eigenvalue weighted by Gasteiger charge is -2.43. The largest absolute Gasteiger partial charge is 0.303 e. The molecule has 0 amide bonds. The van der Waals surface area contributed by atoms with E-state index in [1.54, 1.807) is 0 Å². The third kappa shape index (κ3) is 1.18. The van der Waals surface area contributed by atoms with Crippen LogP contribution in [-0.2, 0) is 0 Å². The first-order chi connectivity index (χ1) is 5.21. The van der Waals surface area contributed by atoms with E-state index in [4.69, 9.17) is 0 Å². The van der Waals surface area contributed by atoms with Gasteiger partial charge < -0.3 is 4.90 Å². The van der Waals surface area contributed by atoms with Crippen molar-refractivity contribution in [2.24, 2.45) is 0 Å². The monoisotopic (exact) mass is 154 g/mol. The summed E-state index contributed by atoms with van der Waals surface area (Å²) in [4.78, 5) is 5.12. The summed E-state index contributed by atoms with van der Waals surface area (Å²) in [5, 5.41) is 0. The van der Waals surface area contributed by atoms with Crippen LogP contribution in [0.5, 0.6) is 0 Å². The van der Waals surface area contributed by atoms with Crippen LogP contribution in [0.3, 0.4) is 0 Å². The number of piperazine rings is 1. The molecule has 0 aromatic rings. The fourth-order valence-corrected chi connectivity index (χ4v) is 2.59. The van der Waals surface area contributed by atoms with Crippen LogP contribution in [0, 0.1) is 0 Å². The highest BCUT2D eigenvalue weighted by molar-refractivity contribution is 4.97. The molecule has 2 saturated heterocycles. The Kier molecular flexibility index (Phi) is 1.69. The van der Waals surface area contributed by atoms with Gasteiger partial charge in [-0.25, -0.2) is 0 Å². The Labute approximate surface area is 69.2 Å². The minimum atomic E-state index is 0.521. The molecular weight excluding hydrogens is 136 g/mol. The first kappa shape index (κ1) is 7.56. The SMILES string of the molecule is CN1CCN2CCCC2(C)C1. The molecule has 1 unspecified atom stereocenters. The number of nitrogens with zero attached hydrogens (tertiary/aromatic N) is 2. The van der Waals surface area contributed by atoms with Gasteiger partial charge in [0.25, 0.3) is 0 Å². The van der Waals surface area contributed by atoms with E-state index in [1.807, 2.05) is 0 Å². The van der Waals surface area contributed by atoms with Gasteiger partial charge in [0, 0.05) is 25.2 Å². The summed E-state index contributed by atoms with van der Waals surface area (Å²) in [6.45, 7) is 7.57. The lowest BCUT2D eigenvalue weighted by Crippen LogP contribution is -2.56. The highest BCUT2D eigenvalue weighted by Crippen LogP contribution is 2.31. The molecule has 0 N–H and O–H groups in total. The quantitative estimate of drug-likeness (QED) is 0.509. The van der Waals surface area contributed by atoms with Crippen molar-refractivity contribution < 1.29 is 0 Å². The van der Waals surface area contributed by atoms with E-state index in [9.17, 15) is 0 Å². The van der Waals surface area contributed by atoms with E-state index in [1.165, 1.54) is 39.0 Å². The summed E-state index contributed by atoms with van der Waals surface area (Å²) in [6.07, 6.45) is 2.81. The summed E-state index contributed by atoms with van der Waals surface area (Å²) < 4.78 is 0. The van der Waals surface area contributed by atoms with Crippen molar-refractivity contribution in [1.29, 1.82) is 0 Å². The number of rotatable bonds is 0. The van der Waals surface area contributed by atoms with Crippen molar-refractivity contribution in [3.63, 3.8) is 0 Å². The fourth-order valence-electron chi connectivity index (χ4n) is 2.59. The minimum Gasteiger partial charge on any atom is -0.303 e. The second-order valence-electron chi connectivity index (χ2n) is 4.33. The third-order valence-electron chi connectivity index (χ3n) is 3.27. The molecule has 64 valence electrons. The molecule has 2 aliphatic rings. The lowest BCUT2D eigenvalue weighted by atomic mass is 9.96. The van der Waals surface area contributed by atoms with Gasteiger partial charge in [-0.05, 0) is 33.4 Å². The second-order valence-corrected chi connectivity index (χ2v) is 4.33. The molecular formula is C9H18N2. The molecule has 1 atom stereocenters. The van der Waals surface area contributed by atoms with E-state index < -0.39 is 0 Å². The Morgan fingerprint density at radius 1 is 1.18 bits per heavy atom. The van der Waals surface area contributed by atoms with Gasteiger partial charge >= 0.3 is 0 Å². The molecule has 2 rings (SSSR count). The van der Waals surface area contributed by atoms with E-state index in [0.717, 1.165) is 0 Å². The Morgan fingerprint density at radius 3 is 2.82 bits per heavy atom. The summed E-state index contributed by atoms with van der Waals surface area (Å²) in [5.74, 6) is 0. The predicted molar refractivity (Wildman–Crippen MR) is 46.7 cm³/mol. The van der Waals surface area contributed by atoms with Crippen molar-refractivity contribution in [3.05, 3.63) is 0 Å². The zero-order valence-electron chi connectivity index (χ0n) is 7.64. The van der Waals surface area contributed by atoms with Crippen LogP contribution in [0.2, 0.25) is 0 Å². The van der Waals surface area contributed by atoms with Crippen LogP contribution < -0.4 is 0 Å². The number of hydrogen-bond acceptors (Lipinski definition) is 2. The van der Waals surface area contributed by atoms with Crippen LogP contribution in [0.15, 0.2) is 0 Å². The van der Waals surface area contributed by atoms with E-state index >= 15 is 0 Å². The predicted octanol–water partition coefficient (Wildman–Crippen LogP) is 0.786. The van der Waals surface area contributed by atoms with Gasteiger partial charge in [0.2, 0.25) is 0 Å². The third-order valence-corrected chi connectivity index (χ3v) is 3.27. The van der Waals surface area contributed by atoms with Crippen LogP contribution in [0.25, 0.3) is 0 Å². The van der Waals surface area contributed by atoms with Gasteiger partial charge in [-0.2, -0.15) is 0 Å². The molecule has 2 nitrogen and oxygen atoms in total. The molecule has 2 fully saturated rings. The standard InChI is InChI=1S/C9H18N2/c1-9-4-3-5-11(9)7-6-10(2)8-9/h3-8H2,1-2H3. The molecule has 2 aliphatic heterocycles. The maximum atomic E-state index is 2.66. The zero-order chi connectivity index (χ0) is 7.90. The molecule has 0 bridgehead atoms. The molecule has 0 saturated carbocycles. The van der Waals surface area contributed by atoms with Crippen molar-refractivity contribution >= 4 is 0 Å². The van der Waals surface area contributed by atoms with Crippen molar-refractivity contribution in [1.82, 2.24) is 9.80 Å². The van der Waals surface area contributed by atoms with Crippen LogP contribution in [-0.4, -0.2) is 48.6 Å². The van der Waals surface area contributed by atoms with Crippen LogP contribution >= 0.6 is 0 Å². The highest BCUT2D eigenvalue weighted by Gasteiger charge is 2.39. The number of likely N-dealkylation sites (N-methyl/N-ethyl adjacent to an activating group) is 1. The molecule has 0 aliphatic carbocycles. The normalized spacial score (nSPS) is 40.9. The van der Waals surface area contributed by atoms with Gasteiger partial charge in [0.05, 0.1) is 0 Å². The van der Waals surface area contributed by atoms with E-state index in [2.05, 4.69) is 23.8 Å². The maximum Gasteiger partial charge on any atom is 0.0309 e. The molecule has 0 spiro atoms. The van der Waals surface area contributed by atoms with Crippen LogP contribution in [0.1, 0.15) is 19.8 Å². The van der Waals surface area contributed by atoms with Crippen LogP contribution in [0.4, 0.5) is 0 Å². The topological polar surface area (TPSA) is 6.48 Å². The average molecular weight is 154 g/mol. The number of fused-ring (bicyclic) bond motifs is 1. The first-order valence-corrected chi connectivity index (χ1v) is 4.64. The zero-order valence-corrected chi connectivity index (χ0v) is 7.64. The maximum absolute atomic E-state index is 2.66. The Balaban J connectivity index is 2.10. The number of hydrogen-bond donors (Lipinski definition) is 0. The molecule has 2 heteroatoms. The summed E-state index contributed by atoms with van der Waals surface area (Å²) in [7, 11) is 2.24.